The van der Waals surface area contributed by atoms with Crippen LogP contribution in [0.4, 0.5) is 0 Å². The van der Waals surface area contributed by atoms with E-state index in [4.69, 9.17) is 9.47 Å². The molecular formula is C33H44N4O7. The van der Waals surface area contributed by atoms with Crippen LogP contribution in [0.2, 0.25) is 0 Å². The van der Waals surface area contributed by atoms with Gasteiger partial charge < -0.3 is 35.4 Å². The van der Waals surface area contributed by atoms with Crippen LogP contribution in [0.25, 0.3) is 0 Å². The van der Waals surface area contributed by atoms with Gasteiger partial charge >= 0.3 is 0 Å². The number of fused-ring (bicyclic) bond motifs is 9. The Kier molecular flexibility index (Phi) is 7.70. The van der Waals surface area contributed by atoms with Crippen LogP contribution in [-0.2, 0) is 22.4 Å². The monoisotopic (exact) mass is 608 g/mol. The molecule has 2 aromatic rings. The number of amides is 2. The number of aromatic hydroxyl groups is 2. The fourth-order valence-electron chi connectivity index (χ4n) is 7.80. The molecule has 1 saturated heterocycles. The minimum absolute atomic E-state index is 0.00388. The standard InChI is InChI=1S/C33H44N4O7/c1-14(2)8-24(38)35-18(6)32(41)34-12-23-26-20(28(39)17(5)30-31(26)44-13-43-30)11-21-27-25-19(9-15(3)16(4)29(25)40)10-22(36(27)7)33(42)37(21)23/h9,14,18,21-23,27,33,39-40,42H,8,10-13H2,1-7H3,(H,34,41)(H,35,38)/t18-,21?,22+,23+,27+,33+/m1/s1. The predicted octanol–water partition coefficient (Wildman–Crippen LogP) is 2.62. The molecular weight excluding hydrogens is 564 g/mol. The SMILES string of the molecule is Cc1cc2c(c(O)c1C)[C@@H]1C3Cc4c(O)c(C)c5c(c4[C@H](CNC(=O)[C@@H](C)NC(=O)CC(C)C)N3[C@@H](O)[C@H](C2)N1C)OCO5. The zero-order valence-electron chi connectivity index (χ0n) is 26.5. The van der Waals surface area contributed by atoms with Crippen molar-refractivity contribution in [2.75, 3.05) is 20.4 Å². The molecule has 11 nitrogen and oxygen atoms in total. The van der Waals surface area contributed by atoms with E-state index < -0.39 is 18.3 Å². The number of nitrogens with zero attached hydrogens (tertiary/aromatic N) is 2. The van der Waals surface area contributed by atoms with Gasteiger partial charge in [-0.1, -0.05) is 19.9 Å². The summed E-state index contributed by atoms with van der Waals surface area (Å²) in [6.07, 6.45) is 0.331. The van der Waals surface area contributed by atoms with Gasteiger partial charge in [0.15, 0.2) is 11.5 Å². The average molecular weight is 609 g/mol. The molecule has 1 unspecified atom stereocenters. The lowest BCUT2D eigenvalue weighted by Gasteiger charge is -2.60. The number of benzene rings is 2. The first-order chi connectivity index (χ1) is 20.8. The number of phenolic OH excluding ortho intramolecular Hbond substituents is 2. The third-order valence-corrected chi connectivity index (χ3v) is 10.1. The molecule has 0 aliphatic carbocycles. The summed E-state index contributed by atoms with van der Waals surface area (Å²) in [4.78, 5) is 29.8. The summed E-state index contributed by atoms with van der Waals surface area (Å²) >= 11 is 0. The molecule has 2 aromatic carbocycles. The Hall–Kier alpha value is -3.54. The number of nitrogens with one attached hydrogen (secondary N) is 2. The highest BCUT2D eigenvalue weighted by molar-refractivity contribution is 5.87. The van der Waals surface area contributed by atoms with Gasteiger partial charge in [-0.3, -0.25) is 19.4 Å². The highest BCUT2D eigenvalue weighted by atomic mass is 16.7. The second-order valence-corrected chi connectivity index (χ2v) is 13.3. The minimum Gasteiger partial charge on any atom is -0.507 e. The van der Waals surface area contributed by atoms with Crippen molar-refractivity contribution in [3.8, 4) is 23.0 Å². The molecule has 11 heteroatoms. The fourth-order valence-corrected chi connectivity index (χ4v) is 7.80. The normalized spacial score (nSPS) is 26.1. The Balaban J connectivity index is 1.42. The van der Waals surface area contributed by atoms with Gasteiger partial charge in [0.25, 0.3) is 0 Å². The average Bonchev–Trinajstić information content (AvgIpc) is 3.45. The molecule has 6 atom stereocenters. The highest BCUT2D eigenvalue weighted by Crippen LogP contribution is 2.57. The molecule has 0 saturated carbocycles. The molecule has 6 rings (SSSR count). The maximum absolute atomic E-state index is 13.3. The number of carbonyl (C=O) groups is 2. The summed E-state index contributed by atoms with van der Waals surface area (Å²) in [6, 6.07) is -0.133. The molecule has 5 N–H and O–H groups in total. The van der Waals surface area contributed by atoms with E-state index in [2.05, 4.69) is 21.6 Å². The Labute approximate surface area is 258 Å². The number of ether oxygens (including phenoxy) is 2. The second kappa shape index (κ2) is 11.1. The summed E-state index contributed by atoms with van der Waals surface area (Å²) in [7, 11) is 1.98. The largest absolute Gasteiger partial charge is 0.507 e. The molecule has 238 valence electrons. The molecule has 44 heavy (non-hydrogen) atoms. The number of hydrogen-bond donors (Lipinski definition) is 5. The van der Waals surface area contributed by atoms with E-state index in [9.17, 15) is 24.9 Å². The van der Waals surface area contributed by atoms with E-state index in [0.29, 0.717) is 47.5 Å². The predicted molar refractivity (Wildman–Crippen MR) is 163 cm³/mol. The van der Waals surface area contributed by atoms with Crippen LogP contribution in [0.3, 0.4) is 0 Å². The maximum Gasteiger partial charge on any atom is 0.242 e. The number of phenols is 2. The van der Waals surface area contributed by atoms with Crippen molar-refractivity contribution in [1.29, 1.82) is 0 Å². The lowest BCUT2D eigenvalue weighted by Crippen LogP contribution is -2.69. The van der Waals surface area contributed by atoms with E-state index >= 15 is 0 Å². The quantitative estimate of drug-likeness (QED) is 0.334. The third kappa shape index (κ3) is 4.67. The van der Waals surface area contributed by atoms with Crippen molar-refractivity contribution in [3.63, 3.8) is 0 Å². The number of aliphatic hydroxyl groups excluding tert-OH is 1. The Morgan fingerprint density at radius 2 is 1.70 bits per heavy atom. The van der Waals surface area contributed by atoms with Crippen LogP contribution in [0.1, 0.15) is 78.2 Å². The van der Waals surface area contributed by atoms with Gasteiger partial charge in [-0.15, -0.1) is 0 Å². The maximum atomic E-state index is 13.3. The molecule has 0 aromatic heterocycles. The van der Waals surface area contributed by atoms with E-state index in [0.717, 1.165) is 22.3 Å². The van der Waals surface area contributed by atoms with Crippen molar-refractivity contribution < 1.29 is 34.4 Å². The molecule has 2 amide bonds. The zero-order valence-corrected chi connectivity index (χ0v) is 26.5. The van der Waals surface area contributed by atoms with Gasteiger partial charge in [0.1, 0.15) is 23.8 Å². The van der Waals surface area contributed by atoms with Gasteiger partial charge in [0.05, 0.1) is 18.1 Å². The second-order valence-electron chi connectivity index (χ2n) is 13.3. The molecule has 4 aliphatic rings. The van der Waals surface area contributed by atoms with E-state index in [1.54, 1.807) is 13.8 Å². The van der Waals surface area contributed by atoms with Crippen LogP contribution in [0.15, 0.2) is 6.07 Å². The molecule has 4 heterocycles. The summed E-state index contributed by atoms with van der Waals surface area (Å²) in [5.41, 5.74) is 5.63. The number of aryl methyl sites for hydroxylation is 1. The zero-order chi connectivity index (χ0) is 31.8. The van der Waals surface area contributed by atoms with Crippen molar-refractivity contribution in [2.45, 2.75) is 97.2 Å². The first-order valence-electron chi connectivity index (χ1n) is 15.5. The third-order valence-electron chi connectivity index (χ3n) is 10.1. The molecule has 0 radical (unpaired) electrons. The Bertz CT molecular complexity index is 1520. The van der Waals surface area contributed by atoms with Crippen molar-refractivity contribution in [2.24, 2.45) is 5.92 Å². The number of aliphatic hydroxyl groups is 1. The molecule has 4 aliphatic heterocycles. The van der Waals surface area contributed by atoms with Crippen LogP contribution in [0.5, 0.6) is 23.0 Å². The number of piperazine rings is 1. The van der Waals surface area contributed by atoms with Gasteiger partial charge in [0.2, 0.25) is 18.6 Å². The van der Waals surface area contributed by atoms with Crippen LogP contribution in [0, 0.1) is 26.7 Å². The minimum atomic E-state index is -0.919. The summed E-state index contributed by atoms with van der Waals surface area (Å²) < 4.78 is 11.7. The van der Waals surface area contributed by atoms with E-state index in [1.165, 1.54) is 0 Å². The number of likely N-dealkylation sites (N-methyl/N-ethyl adjacent to an activating group) is 1. The molecule has 2 bridgehead atoms. The summed E-state index contributed by atoms with van der Waals surface area (Å²) in [5.74, 6) is 0.959. The fraction of sp³-hybridized carbons (Fsp3) is 0.576. The van der Waals surface area contributed by atoms with Gasteiger partial charge in [-0.25, -0.2) is 0 Å². The van der Waals surface area contributed by atoms with Crippen LogP contribution < -0.4 is 20.1 Å². The Morgan fingerprint density at radius 3 is 2.41 bits per heavy atom. The van der Waals surface area contributed by atoms with Crippen molar-refractivity contribution >= 4 is 11.8 Å². The van der Waals surface area contributed by atoms with Crippen LogP contribution in [-0.4, -0.2) is 81.7 Å². The molecule has 0 spiro atoms. The van der Waals surface area contributed by atoms with Gasteiger partial charge in [-0.2, -0.15) is 0 Å². The first kappa shape index (κ1) is 30.5. The topological polar surface area (TPSA) is 144 Å². The Morgan fingerprint density at radius 1 is 1.00 bits per heavy atom. The smallest absolute Gasteiger partial charge is 0.242 e. The van der Waals surface area contributed by atoms with Gasteiger partial charge in [-0.05, 0) is 70.2 Å². The molecule has 1 fully saturated rings. The summed E-state index contributed by atoms with van der Waals surface area (Å²) in [5, 5.41) is 40.8. The summed E-state index contributed by atoms with van der Waals surface area (Å²) in [6.45, 7) is 11.3. The highest BCUT2D eigenvalue weighted by Gasteiger charge is 2.56. The number of rotatable bonds is 6. The van der Waals surface area contributed by atoms with Crippen molar-refractivity contribution in [3.05, 3.63) is 45.0 Å². The van der Waals surface area contributed by atoms with E-state index in [-0.39, 0.29) is 60.7 Å². The lowest BCUT2D eigenvalue weighted by molar-refractivity contribution is -0.172. The first-order valence-corrected chi connectivity index (χ1v) is 15.5. The number of hydrogen-bond acceptors (Lipinski definition) is 9. The number of carbonyl (C=O) groups excluding carboxylic acids is 2. The van der Waals surface area contributed by atoms with E-state index in [1.807, 2.05) is 39.6 Å². The van der Waals surface area contributed by atoms with Crippen LogP contribution >= 0.6 is 0 Å². The lowest BCUT2D eigenvalue weighted by atomic mass is 9.73. The van der Waals surface area contributed by atoms with Crippen molar-refractivity contribution in [1.82, 2.24) is 20.4 Å². The van der Waals surface area contributed by atoms with Gasteiger partial charge in [0, 0.05) is 41.3 Å².